The van der Waals surface area contributed by atoms with Gasteiger partial charge in [-0.3, -0.25) is 0 Å². The molecule has 0 aromatic heterocycles. The molecule has 0 radical (unpaired) electrons. The first kappa shape index (κ1) is 9.00. The molecule has 1 rings (SSSR count). The lowest BCUT2D eigenvalue weighted by Crippen LogP contribution is -2.31. The van der Waals surface area contributed by atoms with E-state index in [-0.39, 0.29) is 5.25 Å². The Kier molecular flexibility index (Phi) is 2.54. The smallest absolute Gasteiger partial charge is 0.211 e. The van der Waals surface area contributed by atoms with Gasteiger partial charge < -0.3 is 0 Å². The Hall–Kier alpha value is -0.0900. The van der Waals surface area contributed by atoms with Crippen molar-refractivity contribution in [3.05, 3.63) is 0 Å². The van der Waals surface area contributed by atoms with Crippen molar-refractivity contribution < 1.29 is 8.42 Å². The summed E-state index contributed by atoms with van der Waals surface area (Å²) in [6, 6.07) is 0. The van der Waals surface area contributed by atoms with Crippen molar-refractivity contribution in [3.63, 3.8) is 0 Å². The third-order valence-corrected chi connectivity index (χ3v) is 4.00. The molecule has 0 bridgehead atoms. The Balaban J connectivity index is 2.60. The zero-order valence-electron chi connectivity index (χ0n) is 6.79. The maximum atomic E-state index is 10.9. The fourth-order valence-corrected chi connectivity index (χ4v) is 2.50. The summed E-state index contributed by atoms with van der Waals surface area (Å²) >= 11 is 0. The largest absolute Gasteiger partial charge is 0.228 e. The molecule has 2 N–H and O–H groups in total. The van der Waals surface area contributed by atoms with E-state index in [1.807, 2.05) is 0 Å². The quantitative estimate of drug-likeness (QED) is 0.680. The molecule has 0 aromatic carbocycles. The van der Waals surface area contributed by atoms with E-state index in [1.165, 1.54) is 0 Å². The molecule has 1 aliphatic carbocycles. The molecule has 0 spiro atoms. The molecule has 1 unspecified atom stereocenters. The minimum absolute atomic E-state index is 0.310. The van der Waals surface area contributed by atoms with Crippen molar-refractivity contribution in [3.8, 4) is 0 Å². The Bertz CT molecular complexity index is 217. The zero-order valence-corrected chi connectivity index (χ0v) is 7.60. The van der Waals surface area contributed by atoms with Crippen molar-refractivity contribution in [2.75, 3.05) is 0 Å². The number of primary sulfonamides is 1. The van der Waals surface area contributed by atoms with Crippen LogP contribution in [0.15, 0.2) is 0 Å². The Labute approximate surface area is 68.0 Å². The normalized spacial score (nSPS) is 23.8. The zero-order chi connectivity index (χ0) is 8.48. The molecule has 0 amide bonds. The fourth-order valence-electron chi connectivity index (χ4n) is 1.70. The van der Waals surface area contributed by atoms with Crippen LogP contribution in [0.3, 0.4) is 0 Å². The van der Waals surface area contributed by atoms with Crippen molar-refractivity contribution in [1.82, 2.24) is 0 Å². The van der Waals surface area contributed by atoms with Gasteiger partial charge in [-0.15, -0.1) is 0 Å². The first-order valence-electron chi connectivity index (χ1n) is 4.03. The minimum atomic E-state index is -3.29. The lowest BCUT2D eigenvalue weighted by Gasteiger charge is -2.15. The molecule has 1 aliphatic rings. The summed E-state index contributed by atoms with van der Waals surface area (Å²) in [5.41, 5.74) is 0. The summed E-state index contributed by atoms with van der Waals surface area (Å²) in [7, 11) is -3.29. The lowest BCUT2D eigenvalue weighted by molar-refractivity contribution is 0.501. The highest BCUT2D eigenvalue weighted by molar-refractivity contribution is 7.89. The van der Waals surface area contributed by atoms with E-state index in [1.54, 1.807) is 6.92 Å². The highest BCUT2D eigenvalue weighted by atomic mass is 32.2. The minimum Gasteiger partial charge on any atom is -0.228 e. The van der Waals surface area contributed by atoms with Crippen LogP contribution in [0.25, 0.3) is 0 Å². The molecular formula is C7H15NO2S. The molecule has 4 heteroatoms. The molecule has 0 saturated heterocycles. The van der Waals surface area contributed by atoms with Gasteiger partial charge in [-0.2, -0.15) is 0 Å². The molecule has 0 aromatic rings. The van der Waals surface area contributed by atoms with Gasteiger partial charge in [0.2, 0.25) is 10.0 Å². The van der Waals surface area contributed by atoms with Crippen molar-refractivity contribution in [1.29, 1.82) is 0 Å². The summed E-state index contributed by atoms with van der Waals surface area (Å²) in [5, 5.41) is 4.69. The average Bonchev–Trinajstić information content (AvgIpc) is 2.34. The van der Waals surface area contributed by atoms with Crippen LogP contribution in [-0.4, -0.2) is 13.7 Å². The maximum absolute atomic E-state index is 10.9. The van der Waals surface area contributed by atoms with Gasteiger partial charge in [0.1, 0.15) is 0 Å². The van der Waals surface area contributed by atoms with Crippen LogP contribution in [0.4, 0.5) is 0 Å². The topological polar surface area (TPSA) is 60.2 Å². The van der Waals surface area contributed by atoms with E-state index >= 15 is 0 Å². The van der Waals surface area contributed by atoms with Gasteiger partial charge in [-0.1, -0.05) is 12.8 Å². The van der Waals surface area contributed by atoms with E-state index in [2.05, 4.69) is 0 Å². The highest BCUT2D eigenvalue weighted by Gasteiger charge is 2.28. The second kappa shape index (κ2) is 3.11. The molecule has 0 heterocycles. The molecule has 1 saturated carbocycles. The number of rotatable bonds is 2. The van der Waals surface area contributed by atoms with Crippen molar-refractivity contribution in [2.45, 2.75) is 37.9 Å². The van der Waals surface area contributed by atoms with Crippen LogP contribution < -0.4 is 5.14 Å². The molecule has 1 atom stereocenters. The summed E-state index contributed by atoms with van der Waals surface area (Å²) in [4.78, 5) is 0. The third-order valence-electron chi connectivity index (χ3n) is 2.58. The van der Waals surface area contributed by atoms with Crippen LogP contribution in [0, 0.1) is 5.92 Å². The van der Waals surface area contributed by atoms with Crippen LogP contribution in [-0.2, 0) is 10.0 Å². The van der Waals surface area contributed by atoms with Gasteiger partial charge in [0.25, 0.3) is 0 Å². The van der Waals surface area contributed by atoms with Crippen LogP contribution in [0.2, 0.25) is 0 Å². The Morgan fingerprint density at radius 2 is 1.82 bits per heavy atom. The van der Waals surface area contributed by atoms with E-state index in [0.29, 0.717) is 5.92 Å². The predicted molar refractivity (Wildman–Crippen MR) is 44.5 cm³/mol. The Morgan fingerprint density at radius 3 is 2.18 bits per heavy atom. The van der Waals surface area contributed by atoms with Gasteiger partial charge in [0.05, 0.1) is 5.25 Å². The van der Waals surface area contributed by atoms with Gasteiger partial charge in [0.15, 0.2) is 0 Å². The van der Waals surface area contributed by atoms with Crippen LogP contribution in [0.1, 0.15) is 32.6 Å². The van der Waals surface area contributed by atoms with Crippen molar-refractivity contribution in [2.24, 2.45) is 11.1 Å². The molecule has 0 aliphatic heterocycles. The Morgan fingerprint density at radius 1 is 1.36 bits per heavy atom. The summed E-state index contributed by atoms with van der Waals surface area (Å²) in [5.74, 6) is 0.310. The highest BCUT2D eigenvalue weighted by Crippen LogP contribution is 2.29. The summed E-state index contributed by atoms with van der Waals surface area (Å²) < 4.78 is 21.8. The van der Waals surface area contributed by atoms with Crippen LogP contribution in [0.5, 0.6) is 0 Å². The molecule has 1 fully saturated rings. The second-order valence-corrected chi connectivity index (χ2v) is 5.26. The first-order chi connectivity index (χ1) is 5.02. The van der Waals surface area contributed by atoms with Crippen LogP contribution >= 0.6 is 0 Å². The summed E-state index contributed by atoms with van der Waals surface area (Å²) in [6.45, 7) is 1.71. The van der Waals surface area contributed by atoms with Gasteiger partial charge in [-0.05, 0) is 25.7 Å². The number of hydrogen-bond acceptors (Lipinski definition) is 2. The number of sulfonamides is 1. The van der Waals surface area contributed by atoms with E-state index < -0.39 is 10.0 Å². The van der Waals surface area contributed by atoms with E-state index in [9.17, 15) is 8.42 Å². The average molecular weight is 177 g/mol. The second-order valence-electron chi connectivity index (χ2n) is 3.34. The lowest BCUT2D eigenvalue weighted by atomic mass is 10.1. The third kappa shape index (κ3) is 2.17. The van der Waals surface area contributed by atoms with E-state index in [4.69, 9.17) is 5.14 Å². The SMILES string of the molecule is CC(C1CCCC1)S(N)(=O)=O. The number of hydrogen-bond donors (Lipinski definition) is 1. The molecular weight excluding hydrogens is 162 g/mol. The maximum Gasteiger partial charge on any atom is 0.211 e. The standard InChI is InChI=1S/C7H15NO2S/c1-6(11(8,9)10)7-4-2-3-5-7/h6-7H,2-5H2,1H3,(H2,8,9,10). The molecule has 11 heavy (non-hydrogen) atoms. The summed E-state index contributed by atoms with van der Waals surface area (Å²) in [6.07, 6.45) is 4.37. The monoisotopic (exact) mass is 177 g/mol. The number of nitrogens with two attached hydrogens (primary N) is 1. The van der Waals surface area contributed by atoms with Gasteiger partial charge in [-0.25, -0.2) is 13.6 Å². The first-order valence-corrected chi connectivity index (χ1v) is 5.64. The predicted octanol–water partition coefficient (Wildman–Crippen LogP) is 0.854. The van der Waals surface area contributed by atoms with Gasteiger partial charge in [0, 0.05) is 0 Å². The molecule has 66 valence electrons. The van der Waals surface area contributed by atoms with Gasteiger partial charge >= 0.3 is 0 Å². The fraction of sp³-hybridized carbons (Fsp3) is 1.00. The van der Waals surface area contributed by atoms with Crippen molar-refractivity contribution >= 4 is 10.0 Å². The van der Waals surface area contributed by atoms with E-state index in [0.717, 1.165) is 25.7 Å². The molecule has 3 nitrogen and oxygen atoms in total.